The van der Waals surface area contributed by atoms with Crippen molar-refractivity contribution in [2.75, 3.05) is 0 Å². The molecule has 0 bridgehead atoms. The van der Waals surface area contributed by atoms with Crippen LogP contribution in [0.5, 0.6) is 0 Å². The number of fused-ring (bicyclic) bond motifs is 1. The van der Waals surface area contributed by atoms with E-state index in [0.29, 0.717) is 0 Å². The Morgan fingerprint density at radius 3 is 2.55 bits per heavy atom. The molecule has 0 spiro atoms. The van der Waals surface area contributed by atoms with Gasteiger partial charge in [-0.1, -0.05) is 41.9 Å². The van der Waals surface area contributed by atoms with Crippen LogP contribution in [-0.2, 0) is 0 Å². The number of aliphatic imine (C=N–C) groups is 1. The number of benzene rings is 3. The van der Waals surface area contributed by atoms with Gasteiger partial charge in [0.25, 0.3) is 0 Å². The quantitative estimate of drug-likeness (QED) is 0.545. The summed E-state index contributed by atoms with van der Waals surface area (Å²) in [6, 6.07) is 20.2. The first-order valence-corrected chi connectivity index (χ1v) is 6.89. The number of halogens is 1. The monoisotopic (exact) mass is 279 g/mol. The zero-order valence-electron chi connectivity index (χ0n) is 11.2. The van der Waals surface area contributed by atoms with Gasteiger partial charge in [-0.15, -0.1) is 0 Å². The minimum Gasteiger partial charge on any atom is -0.256 e. The van der Waals surface area contributed by atoms with Crippen molar-refractivity contribution in [3.63, 3.8) is 0 Å². The largest absolute Gasteiger partial charge is 0.256 e. The Bertz CT molecular complexity index is 773. The highest BCUT2D eigenvalue weighted by Gasteiger charge is 1.97. The third-order valence-electron chi connectivity index (χ3n) is 3.31. The van der Waals surface area contributed by atoms with Crippen LogP contribution in [0.15, 0.2) is 65.7 Å². The van der Waals surface area contributed by atoms with E-state index < -0.39 is 0 Å². The Hall–Kier alpha value is -2.12. The van der Waals surface area contributed by atoms with Crippen molar-refractivity contribution < 1.29 is 0 Å². The van der Waals surface area contributed by atoms with Gasteiger partial charge in [0.05, 0.1) is 5.69 Å². The summed E-state index contributed by atoms with van der Waals surface area (Å²) in [7, 11) is 0. The summed E-state index contributed by atoms with van der Waals surface area (Å²) in [5.41, 5.74) is 3.28. The Morgan fingerprint density at radius 2 is 1.75 bits per heavy atom. The van der Waals surface area contributed by atoms with Gasteiger partial charge in [0.15, 0.2) is 0 Å². The minimum atomic E-state index is 0.727. The summed E-state index contributed by atoms with van der Waals surface area (Å²) in [6.45, 7) is 2.13. The molecular weight excluding hydrogens is 266 g/mol. The van der Waals surface area contributed by atoms with Gasteiger partial charge in [-0.2, -0.15) is 0 Å². The average molecular weight is 280 g/mol. The lowest BCUT2D eigenvalue weighted by molar-refractivity contribution is 1.51. The number of nitrogens with zero attached hydrogens (tertiary/aromatic N) is 1. The number of aryl methyl sites for hydroxylation is 1. The lowest BCUT2D eigenvalue weighted by Gasteiger charge is -2.03. The van der Waals surface area contributed by atoms with Crippen LogP contribution in [0.2, 0.25) is 5.02 Å². The maximum Gasteiger partial charge on any atom is 0.0630 e. The molecule has 0 amide bonds. The Morgan fingerprint density at radius 1 is 0.950 bits per heavy atom. The van der Waals surface area contributed by atoms with Crippen molar-refractivity contribution in [3.05, 3.63) is 76.8 Å². The van der Waals surface area contributed by atoms with Crippen LogP contribution in [0, 0.1) is 6.92 Å². The SMILES string of the molecule is Cc1cccc2ccc(C=Nc3ccc(Cl)cc3)cc12. The molecule has 0 fully saturated rings. The van der Waals surface area contributed by atoms with Crippen LogP contribution < -0.4 is 0 Å². The van der Waals surface area contributed by atoms with Crippen LogP contribution >= 0.6 is 11.6 Å². The number of hydrogen-bond acceptors (Lipinski definition) is 1. The second-order valence-corrected chi connectivity index (χ2v) is 5.23. The summed E-state index contributed by atoms with van der Waals surface area (Å²) >= 11 is 5.86. The molecule has 3 rings (SSSR count). The smallest absolute Gasteiger partial charge is 0.0630 e. The molecule has 0 N–H and O–H groups in total. The Labute approximate surface area is 123 Å². The fraction of sp³-hybridized carbons (Fsp3) is 0.0556. The molecule has 2 heteroatoms. The summed E-state index contributed by atoms with van der Waals surface area (Å²) in [5, 5.41) is 3.26. The molecule has 0 aliphatic rings. The lowest BCUT2D eigenvalue weighted by Crippen LogP contribution is -1.83. The first-order chi connectivity index (χ1) is 9.72. The lowest BCUT2D eigenvalue weighted by atomic mass is 10.0. The third-order valence-corrected chi connectivity index (χ3v) is 3.57. The molecule has 0 saturated carbocycles. The van der Waals surface area contributed by atoms with Crippen LogP contribution in [0.4, 0.5) is 5.69 Å². The maximum absolute atomic E-state index is 5.86. The zero-order valence-corrected chi connectivity index (χ0v) is 11.9. The summed E-state index contributed by atoms with van der Waals surface area (Å²) in [5.74, 6) is 0. The minimum absolute atomic E-state index is 0.727. The van der Waals surface area contributed by atoms with Gasteiger partial charge in [-0.05, 0) is 59.2 Å². The van der Waals surface area contributed by atoms with Gasteiger partial charge < -0.3 is 0 Å². The highest BCUT2D eigenvalue weighted by Crippen LogP contribution is 2.20. The van der Waals surface area contributed by atoms with Gasteiger partial charge in [0.2, 0.25) is 0 Å². The standard InChI is InChI=1S/C18H14ClN/c1-13-3-2-4-15-6-5-14(11-18(13)15)12-20-17-9-7-16(19)8-10-17/h2-12H,1H3. The molecule has 1 nitrogen and oxygen atoms in total. The predicted octanol–water partition coefficient (Wildman–Crippen LogP) is 5.55. The topological polar surface area (TPSA) is 12.4 Å². The van der Waals surface area contributed by atoms with Crippen molar-refractivity contribution >= 4 is 34.3 Å². The van der Waals surface area contributed by atoms with E-state index in [4.69, 9.17) is 11.6 Å². The molecule has 3 aromatic rings. The molecule has 98 valence electrons. The molecule has 3 aromatic carbocycles. The average Bonchev–Trinajstić information content (AvgIpc) is 2.47. The fourth-order valence-electron chi connectivity index (χ4n) is 2.20. The van der Waals surface area contributed by atoms with Crippen LogP contribution in [0.1, 0.15) is 11.1 Å². The van der Waals surface area contributed by atoms with Crippen molar-refractivity contribution in [1.82, 2.24) is 0 Å². The highest BCUT2D eigenvalue weighted by atomic mass is 35.5. The first-order valence-electron chi connectivity index (χ1n) is 6.51. The van der Waals surface area contributed by atoms with E-state index in [2.05, 4.69) is 48.3 Å². The third kappa shape index (κ3) is 2.73. The second-order valence-electron chi connectivity index (χ2n) is 4.79. The van der Waals surface area contributed by atoms with Crippen LogP contribution in [-0.4, -0.2) is 6.21 Å². The zero-order chi connectivity index (χ0) is 13.9. The van der Waals surface area contributed by atoms with Gasteiger partial charge in [-0.25, -0.2) is 0 Å². The molecule has 0 saturated heterocycles. The normalized spacial score (nSPS) is 11.3. The van der Waals surface area contributed by atoms with Crippen LogP contribution in [0.3, 0.4) is 0 Å². The van der Waals surface area contributed by atoms with E-state index in [1.807, 2.05) is 30.5 Å². The molecule has 0 aromatic heterocycles. The summed E-state index contributed by atoms with van der Waals surface area (Å²) in [4.78, 5) is 4.47. The Balaban J connectivity index is 1.94. The van der Waals surface area contributed by atoms with Crippen molar-refractivity contribution in [2.24, 2.45) is 4.99 Å². The molecule has 20 heavy (non-hydrogen) atoms. The molecule has 0 radical (unpaired) electrons. The maximum atomic E-state index is 5.86. The predicted molar refractivity (Wildman–Crippen MR) is 87.4 cm³/mol. The molecule has 0 aliphatic carbocycles. The van der Waals surface area contributed by atoms with Crippen molar-refractivity contribution in [2.45, 2.75) is 6.92 Å². The van der Waals surface area contributed by atoms with Crippen LogP contribution in [0.25, 0.3) is 10.8 Å². The summed E-state index contributed by atoms with van der Waals surface area (Å²) < 4.78 is 0. The van der Waals surface area contributed by atoms with E-state index in [1.165, 1.54) is 16.3 Å². The van der Waals surface area contributed by atoms with Crippen molar-refractivity contribution in [3.8, 4) is 0 Å². The van der Waals surface area contributed by atoms with Crippen molar-refractivity contribution in [1.29, 1.82) is 0 Å². The number of hydrogen-bond donors (Lipinski definition) is 0. The van der Waals surface area contributed by atoms with Gasteiger partial charge in [0, 0.05) is 11.2 Å². The second kappa shape index (κ2) is 5.48. The molecule has 0 unspecified atom stereocenters. The first kappa shape index (κ1) is 12.9. The van der Waals surface area contributed by atoms with Gasteiger partial charge in [0.1, 0.15) is 0 Å². The summed E-state index contributed by atoms with van der Waals surface area (Å²) in [6.07, 6.45) is 1.88. The highest BCUT2D eigenvalue weighted by molar-refractivity contribution is 6.30. The van der Waals surface area contributed by atoms with E-state index in [0.717, 1.165) is 16.3 Å². The molecular formula is C18H14ClN. The molecule has 0 atom stereocenters. The Kier molecular flexibility index (Phi) is 3.53. The van der Waals surface area contributed by atoms with E-state index >= 15 is 0 Å². The fourth-order valence-corrected chi connectivity index (χ4v) is 2.33. The van der Waals surface area contributed by atoms with E-state index in [1.54, 1.807) is 0 Å². The number of rotatable bonds is 2. The molecule has 0 heterocycles. The van der Waals surface area contributed by atoms with E-state index in [-0.39, 0.29) is 0 Å². The van der Waals surface area contributed by atoms with Gasteiger partial charge in [-0.3, -0.25) is 4.99 Å². The van der Waals surface area contributed by atoms with E-state index in [9.17, 15) is 0 Å². The van der Waals surface area contributed by atoms with Gasteiger partial charge >= 0.3 is 0 Å². The molecule has 0 aliphatic heterocycles.